The second kappa shape index (κ2) is 3.30. The predicted molar refractivity (Wildman–Crippen MR) is 61.2 cm³/mol. The van der Waals surface area contributed by atoms with Crippen LogP contribution in [-0.2, 0) is 0 Å². The largest absolute Gasteiger partial charge is 0.508 e. The third-order valence-corrected chi connectivity index (χ3v) is 2.35. The van der Waals surface area contributed by atoms with Crippen LogP contribution in [0.3, 0.4) is 0 Å². The Bertz CT molecular complexity index is 309. The van der Waals surface area contributed by atoms with Crippen molar-refractivity contribution >= 4 is 0 Å². The summed E-state index contributed by atoms with van der Waals surface area (Å²) in [4.78, 5) is 0. The van der Waals surface area contributed by atoms with Crippen LogP contribution in [0.1, 0.15) is 34.6 Å². The zero-order chi connectivity index (χ0) is 11.0. The maximum atomic E-state index is 9.55. The van der Waals surface area contributed by atoms with Gasteiger partial charge in [-0.05, 0) is 23.1 Å². The Hall–Kier alpha value is -0.980. The molecule has 0 spiro atoms. The quantitative estimate of drug-likeness (QED) is 0.615. The van der Waals surface area contributed by atoms with Crippen molar-refractivity contribution in [3.63, 3.8) is 0 Å². The molecule has 1 aliphatic carbocycles. The molecule has 1 rings (SSSR count). The summed E-state index contributed by atoms with van der Waals surface area (Å²) in [5.74, 6) is 0.352. The highest BCUT2D eigenvalue weighted by molar-refractivity contribution is 5.36. The van der Waals surface area contributed by atoms with Crippen LogP contribution >= 0.6 is 0 Å². The Balaban J connectivity index is 3.13. The van der Waals surface area contributed by atoms with E-state index in [9.17, 15) is 5.11 Å². The summed E-state index contributed by atoms with van der Waals surface area (Å²) >= 11 is 0. The molecule has 0 fully saturated rings. The van der Waals surface area contributed by atoms with Gasteiger partial charge in [-0.3, -0.25) is 0 Å². The maximum Gasteiger partial charge on any atom is 0.112 e. The molecule has 0 aromatic rings. The smallest absolute Gasteiger partial charge is 0.112 e. The molecule has 0 aliphatic heterocycles. The monoisotopic (exact) mass is 192 g/mol. The summed E-state index contributed by atoms with van der Waals surface area (Å²) in [6, 6.07) is 0. The molecule has 1 N–H and O–H groups in total. The molecular formula is C13H20O. The van der Waals surface area contributed by atoms with Gasteiger partial charge in [0.1, 0.15) is 5.76 Å². The van der Waals surface area contributed by atoms with Crippen LogP contribution in [0, 0.1) is 10.8 Å². The van der Waals surface area contributed by atoms with Gasteiger partial charge < -0.3 is 5.11 Å². The molecule has 0 aromatic carbocycles. The lowest BCUT2D eigenvalue weighted by Gasteiger charge is -2.24. The van der Waals surface area contributed by atoms with Gasteiger partial charge in [-0.2, -0.15) is 0 Å². The van der Waals surface area contributed by atoms with E-state index < -0.39 is 0 Å². The van der Waals surface area contributed by atoms with Crippen LogP contribution in [0.4, 0.5) is 0 Å². The molecule has 0 atom stereocenters. The van der Waals surface area contributed by atoms with E-state index in [0.29, 0.717) is 5.76 Å². The van der Waals surface area contributed by atoms with E-state index in [1.54, 1.807) is 6.08 Å². The highest BCUT2D eigenvalue weighted by Crippen LogP contribution is 2.34. The van der Waals surface area contributed by atoms with Gasteiger partial charge in [-0.25, -0.2) is 0 Å². The number of aliphatic hydroxyl groups is 1. The molecule has 0 amide bonds. The number of rotatable bonds is 0. The van der Waals surface area contributed by atoms with Crippen LogP contribution in [0.2, 0.25) is 0 Å². The molecule has 0 bridgehead atoms. The minimum absolute atomic E-state index is 0.0732. The first-order valence-corrected chi connectivity index (χ1v) is 5.04. The standard InChI is InChI=1S/C13H20O/c1-12(2,3)10-6-7-11(14)9-13(4,5)8-10/h6-9,14H,1-5H3. The Morgan fingerprint density at radius 3 is 2.14 bits per heavy atom. The molecular weight excluding hydrogens is 172 g/mol. The minimum atomic E-state index is -0.0732. The third kappa shape index (κ3) is 2.76. The Labute approximate surface area is 86.8 Å². The second-order valence-electron chi connectivity index (χ2n) is 5.57. The van der Waals surface area contributed by atoms with Crippen molar-refractivity contribution in [2.75, 3.05) is 0 Å². The number of hydrogen-bond acceptors (Lipinski definition) is 1. The molecule has 1 nitrogen and oxygen atoms in total. The molecule has 0 saturated heterocycles. The second-order valence-corrected chi connectivity index (χ2v) is 5.57. The zero-order valence-corrected chi connectivity index (χ0v) is 9.76. The lowest BCUT2D eigenvalue weighted by molar-refractivity contribution is 0.418. The Kier molecular flexibility index (Phi) is 2.62. The fraction of sp³-hybridized carbons (Fsp3) is 0.538. The lowest BCUT2D eigenvalue weighted by Crippen LogP contribution is -2.12. The van der Waals surface area contributed by atoms with Crippen molar-refractivity contribution in [3.8, 4) is 0 Å². The third-order valence-electron chi connectivity index (χ3n) is 2.35. The van der Waals surface area contributed by atoms with Crippen LogP contribution in [0.25, 0.3) is 0 Å². The van der Waals surface area contributed by atoms with Crippen molar-refractivity contribution in [1.29, 1.82) is 0 Å². The highest BCUT2D eigenvalue weighted by atomic mass is 16.3. The molecule has 0 aromatic heterocycles. The summed E-state index contributed by atoms with van der Waals surface area (Å²) in [7, 11) is 0. The summed E-state index contributed by atoms with van der Waals surface area (Å²) in [5, 5.41) is 9.55. The molecule has 0 heterocycles. The highest BCUT2D eigenvalue weighted by Gasteiger charge is 2.21. The van der Waals surface area contributed by atoms with Gasteiger partial charge in [0.15, 0.2) is 0 Å². The minimum Gasteiger partial charge on any atom is -0.508 e. The van der Waals surface area contributed by atoms with E-state index in [1.165, 1.54) is 5.57 Å². The van der Waals surface area contributed by atoms with Gasteiger partial charge in [0.2, 0.25) is 0 Å². The summed E-state index contributed by atoms with van der Waals surface area (Å²) in [6.07, 6.45) is 7.86. The molecule has 14 heavy (non-hydrogen) atoms. The summed E-state index contributed by atoms with van der Waals surface area (Å²) < 4.78 is 0. The van der Waals surface area contributed by atoms with Crippen LogP contribution in [-0.4, -0.2) is 5.11 Å². The maximum absolute atomic E-state index is 9.55. The Morgan fingerprint density at radius 1 is 1.07 bits per heavy atom. The molecule has 78 valence electrons. The number of aliphatic hydroxyl groups excluding tert-OH is 1. The molecule has 1 aliphatic rings. The van der Waals surface area contributed by atoms with Gasteiger partial charge in [0, 0.05) is 5.41 Å². The van der Waals surface area contributed by atoms with E-state index in [1.807, 2.05) is 12.2 Å². The first-order chi connectivity index (χ1) is 6.21. The van der Waals surface area contributed by atoms with E-state index in [2.05, 4.69) is 40.7 Å². The van der Waals surface area contributed by atoms with Crippen LogP contribution < -0.4 is 0 Å². The first kappa shape index (κ1) is 11.1. The molecule has 0 radical (unpaired) electrons. The normalized spacial score (nSPS) is 21.2. The van der Waals surface area contributed by atoms with Crippen LogP contribution in [0.15, 0.2) is 35.6 Å². The van der Waals surface area contributed by atoms with E-state index in [4.69, 9.17) is 0 Å². The molecule has 1 heteroatoms. The van der Waals surface area contributed by atoms with Gasteiger partial charge in [0.05, 0.1) is 0 Å². The average Bonchev–Trinajstić information content (AvgIpc) is 2.05. The predicted octanol–water partition coefficient (Wildman–Crippen LogP) is 4.00. The SMILES string of the molecule is CC1(C)C=C(O)C=CC(C(C)(C)C)=C1. The van der Waals surface area contributed by atoms with Gasteiger partial charge in [0.25, 0.3) is 0 Å². The topological polar surface area (TPSA) is 20.2 Å². The average molecular weight is 192 g/mol. The van der Waals surface area contributed by atoms with Crippen molar-refractivity contribution in [2.24, 2.45) is 10.8 Å². The number of hydrogen-bond donors (Lipinski definition) is 1. The Morgan fingerprint density at radius 2 is 1.64 bits per heavy atom. The fourth-order valence-corrected chi connectivity index (χ4v) is 1.56. The van der Waals surface area contributed by atoms with Crippen molar-refractivity contribution in [3.05, 3.63) is 35.6 Å². The van der Waals surface area contributed by atoms with E-state index in [0.717, 1.165) is 0 Å². The summed E-state index contributed by atoms with van der Waals surface area (Å²) in [5.41, 5.74) is 1.32. The van der Waals surface area contributed by atoms with Crippen LogP contribution in [0.5, 0.6) is 0 Å². The van der Waals surface area contributed by atoms with Crippen molar-refractivity contribution < 1.29 is 5.11 Å². The zero-order valence-electron chi connectivity index (χ0n) is 9.76. The summed E-state index contributed by atoms with van der Waals surface area (Å²) in [6.45, 7) is 10.7. The lowest BCUT2D eigenvalue weighted by atomic mass is 9.81. The fourth-order valence-electron chi connectivity index (χ4n) is 1.56. The first-order valence-electron chi connectivity index (χ1n) is 5.04. The van der Waals surface area contributed by atoms with Crippen molar-refractivity contribution in [2.45, 2.75) is 34.6 Å². The molecule has 0 saturated carbocycles. The van der Waals surface area contributed by atoms with E-state index in [-0.39, 0.29) is 10.8 Å². The van der Waals surface area contributed by atoms with E-state index >= 15 is 0 Å². The van der Waals surface area contributed by atoms with Gasteiger partial charge in [-0.15, -0.1) is 0 Å². The van der Waals surface area contributed by atoms with Crippen molar-refractivity contribution in [1.82, 2.24) is 0 Å². The number of allylic oxidation sites excluding steroid dienone is 5. The van der Waals surface area contributed by atoms with Gasteiger partial charge in [-0.1, -0.05) is 46.8 Å². The molecule has 0 unspecified atom stereocenters. The van der Waals surface area contributed by atoms with Gasteiger partial charge >= 0.3 is 0 Å².